The minimum atomic E-state index is -3.41. The van der Waals surface area contributed by atoms with Crippen molar-refractivity contribution in [2.45, 2.75) is 12.2 Å². The van der Waals surface area contributed by atoms with Crippen molar-refractivity contribution in [2.24, 2.45) is 5.73 Å². The molecule has 0 saturated carbocycles. The van der Waals surface area contributed by atoms with Gasteiger partial charge in [0, 0.05) is 17.2 Å². The fraction of sp³-hybridized carbons (Fsp3) is 1.00. The van der Waals surface area contributed by atoms with E-state index in [0.29, 0.717) is 0 Å². The highest BCUT2D eigenvalue weighted by Gasteiger charge is 2.13. The third-order valence-corrected chi connectivity index (χ3v) is 2.88. The Morgan fingerprint density at radius 1 is 1.75 bits per heavy atom. The molecule has 0 radical (unpaired) electrons. The summed E-state index contributed by atoms with van der Waals surface area (Å²) in [4.78, 5) is 0. The summed E-state index contributed by atoms with van der Waals surface area (Å²) < 4.78 is 20.5. The maximum atomic E-state index is 10.2. The van der Waals surface area contributed by atoms with E-state index in [0.717, 1.165) is 0 Å². The third-order valence-electron chi connectivity index (χ3n) is 0.813. The Morgan fingerprint density at radius 3 is 2.12 bits per heavy atom. The average molecular weight is 158 g/mol. The topological polar surface area (TPSA) is 60.2 Å². The Kier molecular flexibility index (Phi) is 2.73. The minimum absolute atomic E-state index is 0.0752. The third kappa shape index (κ3) is 2.49. The summed E-state index contributed by atoms with van der Waals surface area (Å²) in [5.41, 5.74) is 4.99. The highest BCUT2D eigenvalue weighted by molar-refractivity contribution is 8.14. The molecule has 0 fully saturated rings. The second-order valence-corrected chi connectivity index (χ2v) is 4.57. The first-order chi connectivity index (χ1) is 3.48. The predicted octanol–water partition coefficient (Wildman–Crippen LogP) is -0.0978. The molecule has 1 unspecified atom stereocenters. The fourth-order valence-corrected chi connectivity index (χ4v) is 0.563. The summed E-state index contributed by atoms with van der Waals surface area (Å²) in [6, 6.07) is 0. The maximum absolute atomic E-state index is 10.2. The SMILES string of the molecule is CC(CN)S(=O)(=O)Cl. The quantitative estimate of drug-likeness (QED) is 0.570. The summed E-state index contributed by atoms with van der Waals surface area (Å²) in [6.45, 7) is 1.54. The zero-order valence-corrected chi connectivity index (χ0v) is 6.04. The molecular weight excluding hydrogens is 150 g/mol. The lowest BCUT2D eigenvalue weighted by atomic mass is 10.5. The van der Waals surface area contributed by atoms with Gasteiger partial charge in [0.2, 0.25) is 9.05 Å². The number of rotatable bonds is 2. The van der Waals surface area contributed by atoms with Gasteiger partial charge in [-0.2, -0.15) is 0 Å². The molecule has 2 N–H and O–H groups in total. The van der Waals surface area contributed by atoms with Gasteiger partial charge in [-0.3, -0.25) is 0 Å². The van der Waals surface area contributed by atoms with Gasteiger partial charge in [-0.1, -0.05) is 0 Å². The Morgan fingerprint density at radius 2 is 2.12 bits per heavy atom. The largest absolute Gasteiger partial charge is 0.329 e. The summed E-state index contributed by atoms with van der Waals surface area (Å²) in [5.74, 6) is 0. The van der Waals surface area contributed by atoms with Gasteiger partial charge in [-0.25, -0.2) is 8.42 Å². The molecule has 0 aliphatic carbocycles. The summed E-state index contributed by atoms with van der Waals surface area (Å²) in [7, 11) is 1.47. The van der Waals surface area contributed by atoms with Crippen LogP contribution in [0.25, 0.3) is 0 Å². The average Bonchev–Trinajstić information content (AvgIpc) is 1.62. The van der Waals surface area contributed by atoms with Crippen LogP contribution in [0.5, 0.6) is 0 Å². The van der Waals surface area contributed by atoms with E-state index in [1.165, 1.54) is 6.92 Å². The van der Waals surface area contributed by atoms with Crippen molar-refractivity contribution in [3.05, 3.63) is 0 Å². The molecule has 0 aromatic rings. The molecule has 0 spiro atoms. The molecule has 0 amide bonds. The van der Waals surface area contributed by atoms with Crippen molar-refractivity contribution in [1.29, 1.82) is 0 Å². The van der Waals surface area contributed by atoms with Crippen molar-refractivity contribution < 1.29 is 8.42 Å². The first-order valence-corrected chi connectivity index (χ1v) is 4.49. The first kappa shape index (κ1) is 8.20. The van der Waals surface area contributed by atoms with E-state index in [1.807, 2.05) is 0 Å². The van der Waals surface area contributed by atoms with E-state index in [2.05, 4.69) is 0 Å². The Labute approximate surface area is 53.2 Å². The van der Waals surface area contributed by atoms with Crippen LogP contribution in [0.2, 0.25) is 0 Å². The van der Waals surface area contributed by atoms with Crippen LogP contribution < -0.4 is 5.73 Å². The van der Waals surface area contributed by atoms with Crippen molar-refractivity contribution in [2.75, 3.05) is 6.54 Å². The van der Waals surface area contributed by atoms with E-state index < -0.39 is 14.3 Å². The molecule has 50 valence electrons. The zero-order valence-electron chi connectivity index (χ0n) is 4.46. The van der Waals surface area contributed by atoms with E-state index in [9.17, 15) is 8.42 Å². The standard InChI is InChI=1S/C3H8ClNO2S/c1-3(2-5)8(4,6)7/h3H,2,5H2,1H3. The number of halogens is 1. The zero-order chi connectivity index (χ0) is 6.78. The van der Waals surface area contributed by atoms with Gasteiger partial charge < -0.3 is 5.73 Å². The van der Waals surface area contributed by atoms with Crippen LogP contribution in [0.3, 0.4) is 0 Å². The molecule has 0 bridgehead atoms. The van der Waals surface area contributed by atoms with Crippen LogP contribution in [0.15, 0.2) is 0 Å². The highest BCUT2D eigenvalue weighted by Crippen LogP contribution is 2.03. The molecule has 0 aliphatic rings. The summed E-state index contributed by atoms with van der Waals surface area (Å²) in [5, 5.41) is -0.635. The van der Waals surface area contributed by atoms with E-state index in [1.54, 1.807) is 0 Å². The van der Waals surface area contributed by atoms with Crippen molar-refractivity contribution in [1.82, 2.24) is 0 Å². The van der Waals surface area contributed by atoms with E-state index in [-0.39, 0.29) is 6.54 Å². The van der Waals surface area contributed by atoms with E-state index >= 15 is 0 Å². The number of hydrogen-bond acceptors (Lipinski definition) is 3. The Bertz CT molecular complexity index is 153. The van der Waals surface area contributed by atoms with Gasteiger partial charge in [-0.15, -0.1) is 0 Å². The van der Waals surface area contributed by atoms with Gasteiger partial charge >= 0.3 is 0 Å². The van der Waals surface area contributed by atoms with Gasteiger partial charge in [0.1, 0.15) is 0 Å². The van der Waals surface area contributed by atoms with Gasteiger partial charge in [0.25, 0.3) is 0 Å². The van der Waals surface area contributed by atoms with Crippen LogP contribution in [0.1, 0.15) is 6.92 Å². The second-order valence-electron chi connectivity index (χ2n) is 1.52. The predicted molar refractivity (Wildman–Crippen MR) is 33.3 cm³/mol. The smallest absolute Gasteiger partial charge is 0.236 e. The van der Waals surface area contributed by atoms with Crippen LogP contribution >= 0.6 is 10.7 Å². The maximum Gasteiger partial charge on any atom is 0.236 e. The lowest BCUT2D eigenvalue weighted by molar-refractivity contribution is 0.598. The fourth-order valence-electron chi connectivity index (χ4n) is 0.115. The molecule has 0 aromatic carbocycles. The Balaban J connectivity index is 4.04. The molecule has 1 atom stereocenters. The van der Waals surface area contributed by atoms with Gasteiger partial charge in [0.05, 0.1) is 5.25 Å². The molecule has 0 aliphatic heterocycles. The molecule has 0 heterocycles. The van der Waals surface area contributed by atoms with Crippen molar-refractivity contribution in [3.63, 3.8) is 0 Å². The first-order valence-electron chi connectivity index (χ1n) is 2.12. The summed E-state index contributed by atoms with van der Waals surface area (Å²) in [6.07, 6.45) is 0. The van der Waals surface area contributed by atoms with Gasteiger partial charge in [-0.05, 0) is 6.92 Å². The molecule has 0 rings (SSSR count). The van der Waals surface area contributed by atoms with Crippen LogP contribution in [0.4, 0.5) is 0 Å². The molecule has 3 nitrogen and oxygen atoms in total. The molecule has 0 saturated heterocycles. The monoisotopic (exact) mass is 157 g/mol. The normalized spacial score (nSPS) is 15.9. The highest BCUT2D eigenvalue weighted by atomic mass is 35.7. The van der Waals surface area contributed by atoms with Crippen molar-refractivity contribution >= 4 is 19.7 Å². The molecular formula is C3H8ClNO2S. The van der Waals surface area contributed by atoms with Gasteiger partial charge in [0.15, 0.2) is 0 Å². The molecule has 5 heteroatoms. The second kappa shape index (κ2) is 2.66. The lowest BCUT2D eigenvalue weighted by Crippen LogP contribution is -2.22. The van der Waals surface area contributed by atoms with Crippen LogP contribution in [-0.2, 0) is 9.05 Å². The lowest BCUT2D eigenvalue weighted by Gasteiger charge is -1.99. The Hall–Kier alpha value is 0.200. The molecule has 8 heavy (non-hydrogen) atoms. The van der Waals surface area contributed by atoms with E-state index in [4.69, 9.17) is 16.4 Å². The summed E-state index contributed by atoms with van der Waals surface area (Å²) >= 11 is 0. The number of nitrogens with two attached hydrogens (primary N) is 1. The number of hydrogen-bond donors (Lipinski definition) is 1. The van der Waals surface area contributed by atoms with Crippen molar-refractivity contribution in [3.8, 4) is 0 Å². The van der Waals surface area contributed by atoms with Crippen LogP contribution in [0, 0.1) is 0 Å². The van der Waals surface area contributed by atoms with Crippen LogP contribution in [-0.4, -0.2) is 20.2 Å². The minimum Gasteiger partial charge on any atom is -0.329 e. The molecule has 0 aromatic heterocycles.